The zero-order chi connectivity index (χ0) is 28.7. The van der Waals surface area contributed by atoms with Crippen LogP contribution in [0.5, 0.6) is 5.75 Å². The highest BCUT2D eigenvalue weighted by Crippen LogP contribution is 2.30. The Hall–Kier alpha value is -4.80. The van der Waals surface area contributed by atoms with E-state index in [4.69, 9.17) is 23.6 Å². The molecule has 11 heteroatoms. The number of alkyl halides is 3. The van der Waals surface area contributed by atoms with Crippen molar-refractivity contribution in [1.82, 2.24) is 5.16 Å². The normalized spacial score (nSPS) is 12.3. The van der Waals surface area contributed by atoms with Crippen molar-refractivity contribution in [3.8, 4) is 5.75 Å². The number of carbonyl (C=O) groups is 1. The van der Waals surface area contributed by atoms with Crippen molar-refractivity contribution >= 4 is 28.2 Å². The summed E-state index contributed by atoms with van der Waals surface area (Å²) in [6.07, 6.45) is -3.08. The number of aromatic nitrogens is 1. The van der Waals surface area contributed by atoms with Gasteiger partial charge in [-0.2, -0.15) is 13.2 Å². The van der Waals surface area contributed by atoms with E-state index in [1.54, 1.807) is 43.3 Å². The minimum absolute atomic E-state index is 0.0588. The van der Waals surface area contributed by atoms with E-state index >= 15 is 0 Å². The maximum absolute atomic E-state index is 12.7. The maximum Gasteiger partial charge on any atom is 0.416 e. The first-order valence-corrected chi connectivity index (χ1v) is 12.0. The second-order valence-corrected chi connectivity index (χ2v) is 8.54. The second kappa shape index (κ2) is 12.4. The molecule has 40 heavy (non-hydrogen) atoms. The van der Waals surface area contributed by atoms with Gasteiger partial charge in [0.15, 0.2) is 5.58 Å². The van der Waals surface area contributed by atoms with Crippen LogP contribution in [0.4, 0.5) is 13.2 Å². The SMILES string of the molecule is COC=C(C(=O)OC)c1ccccc1CON=C(C)c1noc2cc(OCc3ccc(C(F)(F)F)cc3)ccc12. The molecule has 3 aromatic carbocycles. The Morgan fingerprint density at radius 2 is 1.77 bits per heavy atom. The third-order valence-corrected chi connectivity index (χ3v) is 5.84. The number of halogens is 3. The second-order valence-electron chi connectivity index (χ2n) is 8.54. The highest BCUT2D eigenvalue weighted by molar-refractivity contribution is 6.16. The van der Waals surface area contributed by atoms with E-state index in [2.05, 4.69) is 10.3 Å². The summed E-state index contributed by atoms with van der Waals surface area (Å²) in [5, 5.41) is 8.91. The molecule has 208 valence electrons. The van der Waals surface area contributed by atoms with Crippen LogP contribution >= 0.6 is 0 Å². The molecule has 0 fully saturated rings. The number of esters is 1. The van der Waals surface area contributed by atoms with Crippen LogP contribution in [0.3, 0.4) is 0 Å². The first-order chi connectivity index (χ1) is 19.2. The van der Waals surface area contributed by atoms with Gasteiger partial charge in [0.25, 0.3) is 0 Å². The largest absolute Gasteiger partial charge is 0.503 e. The molecule has 0 aliphatic rings. The fourth-order valence-electron chi connectivity index (χ4n) is 3.83. The van der Waals surface area contributed by atoms with Crippen molar-refractivity contribution in [3.05, 3.63) is 101 Å². The first kappa shape index (κ1) is 28.2. The van der Waals surface area contributed by atoms with Crippen molar-refractivity contribution < 1.29 is 41.5 Å². The Morgan fingerprint density at radius 3 is 2.48 bits per heavy atom. The molecule has 0 aliphatic carbocycles. The number of hydrogen-bond donors (Lipinski definition) is 0. The van der Waals surface area contributed by atoms with Gasteiger partial charge in [0.2, 0.25) is 0 Å². The Morgan fingerprint density at radius 1 is 1.02 bits per heavy atom. The number of fused-ring (bicyclic) bond motifs is 1. The Labute approximate surface area is 227 Å². The first-order valence-electron chi connectivity index (χ1n) is 12.0. The number of oxime groups is 1. The van der Waals surface area contributed by atoms with E-state index in [9.17, 15) is 18.0 Å². The van der Waals surface area contributed by atoms with Gasteiger partial charge in [0, 0.05) is 11.6 Å². The summed E-state index contributed by atoms with van der Waals surface area (Å²) in [7, 11) is 2.72. The number of rotatable bonds is 10. The number of nitrogens with zero attached hydrogens (tertiary/aromatic N) is 2. The lowest BCUT2D eigenvalue weighted by atomic mass is 10.0. The number of benzene rings is 3. The highest BCUT2D eigenvalue weighted by atomic mass is 19.4. The van der Waals surface area contributed by atoms with Gasteiger partial charge in [0.1, 0.15) is 35.9 Å². The predicted molar refractivity (Wildman–Crippen MR) is 140 cm³/mol. The van der Waals surface area contributed by atoms with E-state index in [-0.39, 0.29) is 18.8 Å². The minimum Gasteiger partial charge on any atom is -0.503 e. The smallest absolute Gasteiger partial charge is 0.416 e. The summed E-state index contributed by atoms with van der Waals surface area (Å²) in [6, 6.07) is 17.0. The molecule has 0 atom stereocenters. The van der Waals surface area contributed by atoms with Gasteiger partial charge in [-0.1, -0.05) is 46.7 Å². The molecular weight excluding hydrogens is 529 g/mol. The topological polar surface area (TPSA) is 92.4 Å². The number of hydrogen-bond acceptors (Lipinski definition) is 8. The molecule has 0 amide bonds. The number of ether oxygens (including phenoxy) is 3. The molecule has 0 saturated carbocycles. The van der Waals surface area contributed by atoms with E-state index in [1.165, 1.54) is 32.6 Å². The van der Waals surface area contributed by atoms with Crippen molar-refractivity contribution in [1.29, 1.82) is 0 Å². The van der Waals surface area contributed by atoms with E-state index in [1.807, 2.05) is 6.07 Å². The molecule has 0 N–H and O–H groups in total. The van der Waals surface area contributed by atoms with Gasteiger partial charge in [-0.3, -0.25) is 0 Å². The van der Waals surface area contributed by atoms with Crippen molar-refractivity contribution in [3.63, 3.8) is 0 Å². The average molecular weight is 555 g/mol. The highest BCUT2D eigenvalue weighted by Gasteiger charge is 2.30. The summed E-state index contributed by atoms with van der Waals surface area (Å²) < 4.78 is 59.3. The third-order valence-electron chi connectivity index (χ3n) is 5.84. The van der Waals surface area contributed by atoms with Gasteiger partial charge in [-0.25, -0.2) is 4.79 Å². The molecule has 1 heterocycles. The van der Waals surface area contributed by atoms with Crippen LogP contribution in [0.2, 0.25) is 0 Å². The quantitative estimate of drug-likeness (QED) is 0.0724. The summed E-state index contributed by atoms with van der Waals surface area (Å²) in [5.41, 5.74) is 2.74. The molecule has 4 rings (SSSR count). The van der Waals surface area contributed by atoms with E-state index < -0.39 is 17.7 Å². The summed E-state index contributed by atoms with van der Waals surface area (Å²) >= 11 is 0. The molecule has 0 unspecified atom stereocenters. The van der Waals surface area contributed by atoms with Crippen molar-refractivity contribution in [2.45, 2.75) is 26.3 Å². The molecular formula is C29H25F3N2O6. The minimum atomic E-state index is -4.39. The number of carbonyl (C=O) groups excluding carboxylic acids is 1. The van der Waals surface area contributed by atoms with Gasteiger partial charge in [0.05, 0.1) is 31.4 Å². The maximum atomic E-state index is 12.7. The van der Waals surface area contributed by atoms with Crippen LogP contribution in [0, 0.1) is 0 Å². The van der Waals surface area contributed by atoms with E-state index in [0.29, 0.717) is 44.8 Å². The molecule has 1 aromatic heterocycles. The van der Waals surface area contributed by atoms with Gasteiger partial charge >= 0.3 is 12.1 Å². The summed E-state index contributed by atoms with van der Waals surface area (Å²) in [4.78, 5) is 17.8. The van der Waals surface area contributed by atoms with Crippen molar-refractivity contribution in [2.75, 3.05) is 14.2 Å². The molecule has 8 nitrogen and oxygen atoms in total. The Kier molecular flexibility index (Phi) is 8.73. The van der Waals surface area contributed by atoms with Crippen LogP contribution in [-0.2, 0) is 38.5 Å². The lowest BCUT2D eigenvalue weighted by Crippen LogP contribution is -2.07. The molecule has 0 bridgehead atoms. The molecule has 0 radical (unpaired) electrons. The average Bonchev–Trinajstić information content (AvgIpc) is 3.38. The zero-order valence-electron chi connectivity index (χ0n) is 21.8. The molecule has 0 saturated heterocycles. The standard InChI is InChI=1S/C29H25F3N2O6/c1-18(33-39-16-20-6-4-5-7-23(20)25(17-36-2)28(35)37-3)27-24-13-12-22(14-26(24)40-34-27)38-15-19-8-10-21(11-9-19)29(30,31)32/h4-14,17H,15-16H2,1-3H3. The fourth-order valence-corrected chi connectivity index (χ4v) is 3.83. The zero-order valence-corrected chi connectivity index (χ0v) is 21.8. The predicted octanol–water partition coefficient (Wildman–Crippen LogP) is 6.53. The summed E-state index contributed by atoms with van der Waals surface area (Å²) in [5.74, 6) is -0.0890. The monoisotopic (exact) mass is 554 g/mol. The third kappa shape index (κ3) is 6.60. The van der Waals surface area contributed by atoms with Crippen LogP contribution in [-0.4, -0.2) is 31.1 Å². The molecule has 0 spiro atoms. The van der Waals surface area contributed by atoms with Crippen LogP contribution < -0.4 is 4.74 Å². The van der Waals surface area contributed by atoms with Gasteiger partial charge in [-0.05, 0) is 42.3 Å². The van der Waals surface area contributed by atoms with Crippen LogP contribution in [0.25, 0.3) is 16.5 Å². The van der Waals surface area contributed by atoms with Crippen LogP contribution in [0.15, 0.2) is 82.7 Å². The summed E-state index contributed by atoms with van der Waals surface area (Å²) in [6.45, 7) is 1.85. The Balaban J connectivity index is 1.43. The van der Waals surface area contributed by atoms with Gasteiger partial charge < -0.3 is 23.6 Å². The van der Waals surface area contributed by atoms with Crippen molar-refractivity contribution in [2.24, 2.45) is 5.16 Å². The lowest BCUT2D eigenvalue weighted by molar-refractivity contribution is -0.137. The Bertz CT molecular complexity index is 1540. The van der Waals surface area contributed by atoms with Gasteiger partial charge in [-0.15, -0.1) is 0 Å². The fraction of sp³-hybridized carbons (Fsp3) is 0.207. The van der Waals surface area contributed by atoms with E-state index in [0.717, 1.165) is 12.1 Å². The lowest BCUT2D eigenvalue weighted by Gasteiger charge is -2.11. The van der Waals surface area contributed by atoms with Crippen LogP contribution in [0.1, 0.15) is 34.9 Å². The molecule has 0 aliphatic heterocycles. The number of methoxy groups -OCH3 is 2. The molecule has 4 aromatic rings.